The fourth-order valence-corrected chi connectivity index (χ4v) is 14.2. The van der Waals surface area contributed by atoms with Crippen LogP contribution in [0.5, 0.6) is 11.5 Å². The smallest absolute Gasteiger partial charge is 0.193 e. The number of phenolic OH excluding ortho intramolecular Hbond substituents is 2. The monoisotopic (exact) mass is 748 g/mol. The van der Waals surface area contributed by atoms with Gasteiger partial charge in [0.2, 0.25) is 0 Å². The Morgan fingerprint density at radius 1 is 1.02 bits per heavy atom. The summed E-state index contributed by atoms with van der Waals surface area (Å²) in [5, 5.41) is 29.7. The lowest BCUT2D eigenvalue weighted by Gasteiger charge is -2.56. The highest BCUT2D eigenvalue weighted by atomic mass is 79.9. The lowest BCUT2D eigenvalue weighted by Crippen LogP contribution is -2.66. The molecule has 2 aromatic carbocycles. The number of ketones is 2. The minimum Gasteiger partial charge on any atom is -0.504 e. The lowest BCUT2D eigenvalue weighted by molar-refractivity contribution is -0.116. The molecule has 8 heterocycles. The van der Waals surface area contributed by atoms with Crippen molar-refractivity contribution in [2.45, 2.75) is 53.2 Å². The number of aliphatic imine (C=N–C) groups is 2. The van der Waals surface area contributed by atoms with Crippen molar-refractivity contribution in [3.63, 3.8) is 0 Å². The predicted octanol–water partition coefficient (Wildman–Crippen LogP) is 2.85. The van der Waals surface area contributed by atoms with Crippen molar-refractivity contribution in [2.24, 2.45) is 20.0 Å². The topological polar surface area (TPSA) is 139 Å². The van der Waals surface area contributed by atoms with Gasteiger partial charge >= 0.3 is 0 Å². The van der Waals surface area contributed by atoms with Crippen molar-refractivity contribution in [2.75, 3.05) is 29.9 Å². The Labute approximate surface area is 295 Å². The first-order chi connectivity index (χ1) is 23.8. The molecule has 2 unspecified atom stereocenters. The summed E-state index contributed by atoms with van der Waals surface area (Å²) in [4.78, 5) is 51.6. The maximum Gasteiger partial charge on any atom is 0.193 e. The molecule has 0 amide bonds. The molecule has 5 atom stereocenters. The van der Waals surface area contributed by atoms with Gasteiger partial charge in [0.25, 0.3) is 0 Å². The quantitative estimate of drug-likeness (QED) is 0.399. The van der Waals surface area contributed by atoms with Gasteiger partial charge in [0, 0.05) is 68.9 Å². The van der Waals surface area contributed by atoms with E-state index < -0.39 is 16.9 Å². The number of carbonyl (C=O) groups is 2. The number of aromatic hydroxyl groups is 2. The van der Waals surface area contributed by atoms with Gasteiger partial charge < -0.3 is 20.4 Å². The first-order valence-corrected chi connectivity index (χ1v) is 19.2. The minimum absolute atomic E-state index is 0.0609. The molecule has 3 bridgehead atoms. The number of carbonyl (C=O) groups excluding carboxylic acids is 2. The Balaban J connectivity index is 1.13. The Hall–Kier alpha value is -3.94. The Morgan fingerprint density at radius 3 is 2.69 bits per heavy atom. The maximum atomic E-state index is 14.4. The van der Waals surface area contributed by atoms with Gasteiger partial charge in [0.15, 0.2) is 23.1 Å². The van der Waals surface area contributed by atoms with Crippen LogP contribution in [-0.2, 0) is 20.4 Å². The molecule has 0 radical (unpaired) electrons. The van der Waals surface area contributed by atoms with Crippen LogP contribution in [0.3, 0.4) is 0 Å². The number of fused-ring (bicyclic) bond motifs is 6. The number of hydrogen-bond acceptors (Lipinski definition) is 12. The molecule has 10 nitrogen and oxygen atoms in total. The Bertz CT molecular complexity index is 2590. The van der Waals surface area contributed by atoms with E-state index in [1.54, 1.807) is 29.6 Å². The molecular weight excluding hydrogens is 724 g/mol. The average molecular weight is 750 g/mol. The Kier molecular flexibility index (Phi) is 5.03. The second-order valence-electron chi connectivity index (χ2n) is 14.2. The van der Waals surface area contributed by atoms with Crippen molar-refractivity contribution >= 4 is 97.3 Å². The largest absolute Gasteiger partial charge is 0.504 e. The zero-order chi connectivity index (χ0) is 32.7. The van der Waals surface area contributed by atoms with Crippen LogP contribution in [0.1, 0.15) is 36.8 Å². The molecule has 2 aromatic rings. The highest BCUT2D eigenvalue weighted by Crippen LogP contribution is 2.67. The summed E-state index contributed by atoms with van der Waals surface area (Å²) < 4.78 is 0.468. The number of nitrogens with one attached hydrogen (secondary N) is 1. The van der Waals surface area contributed by atoms with E-state index in [1.165, 1.54) is 0 Å². The molecule has 10 aliphatic rings. The minimum atomic E-state index is -0.800. The summed E-state index contributed by atoms with van der Waals surface area (Å²) in [6.07, 6.45) is 12.1. The number of benzene rings is 2. The van der Waals surface area contributed by atoms with Crippen LogP contribution >= 0.6 is 39.5 Å². The molecule has 49 heavy (non-hydrogen) atoms. The highest BCUT2D eigenvalue weighted by Gasteiger charge is 2.66. The summed E-state index contributed by atoms with van der Waals surface area (Å²) in [7, 11) is 0. The van der Waals surface area contributed by atoms with E-state index in [9.17, 15) is 19.8 Å². The second kappa shape index (κ2) is 8.85. The van der Waals surface area contributed by atoms with Crippen molar-refractivity contribution in [1.29, 1.82) is 0 Å². The molecule has 1 saturated heterocycles. The lowest BCUT2D eigenvalue weighted by atomic mass is 9.63. The molecule has 12 rings (SSSR count). The van der Waals surface area contributed by atoms with Crippen molar-refractivity contribution in [3.05, 3.63) is 64.8 Å². The van der Waals surface area contributed by atoms with Crippen LogP contribution in [0.25, 0.3) is 11.1 Å². The third kappa shape index (κ3) is 3.04. The zero-order valence-corrected chi connectivity index (χ0v) is 28.9. The number of thioether (sulfide) groups is 2. The van der Waals surface area contributed by atoms with E-state index >= 15 is 0 Å². The molecule has 0 saturated carbocycles. The summed E-state index contributed by atoms with van der Waals surface area (Å²) >= 11 is 6.87. The van der Waals surface area contributed by atoms with Gasteiger partial charge in [-0.25, -0.2) is 0 Å². The normalized spacial score (nSPS) is 32.4. The summed E-state index contributed by atoms with van der Waals surface area (Å²) in [5.41, 5.74) is 5.34. The van der Waals surface area contributed by atoms with Crippen LogP contribution in [0.15, 0.2) is 52.5 Å². The molecule has 0 aromatic heterocycles. The van der Waals surface area contributed by atoms with E-state index in [4.69, 9.17) is 9.98 Å². The van der Waals surface area contributed by atoms with Crippen LogP contribution in [0.2, 0.25) is 0 Å². The molecule has 8 aliphatic heterocycles. The Morgan fingerprint density at radius 2 is 1.84 bits per heavy atom. The highest BCUT2D eigenvalue weighted by molar-refractivity contribution is 9.12. The zero-order valence-electron chi connectivity index (χ0n) is 25.7. The van der Waals surface area contributed by atoms with E-state index in [0.717, 1.165) is 66.4 Å². The summed E-state index contributed by atoms with van der Waals surface area (Å²) in [6, 6.07) is -0.476. The molecule has 1 fully saturated rings. The van der Waals surface area contributed by atoms with E-state index in [0.29, 0.717) is 59.4 Å². The van der Waals surface area contributed by atoms with Crippen molar-refractivity contribution in [1.82, 2.24) is 0 Å². The van der Waals surface area contributed by atoms with Crippen LogP contribution in [0.4, 0.5) is 22.7 Å². The first-order valence-electron chi connectivity index (χ1n) is 16.6. The van der Waals surface area contributed by atoms with Crippen LogP contribution in [-0.4, -0.2) is 70.5 Å². The van der Waals surface area contributed by atoms with Gasteiger partial charge in [-0.3, -0.25) is 29.6 Å². The van der Waals surface area contributed by atoms with Gasteiger partial charge in [-0.05, 0) is 64.9 Å². The van der Waals surface area contributed by atoms with Crippen molar-refractivity contribution < 1.29 is 19.8 Å². The van der Waals surface area contributed by atoms with Gasteiger partial charge in [-0.1, -0.05) is 6.08 Å². The van der Waals surface area contributed by atoms with Crippen LogP contribution in [0, 0.1) is 0 Å². The number of hydrogen-bond donors (Lipinski definition) is 3. The van der Waals surface area contributed by atoms with Crippen molar-refractivity contribution in [3.8, 4) is 11.5 Å². The number of rotatable bonds is 2. The first kappa shape index (κ1) is 27.8. The molecule has 242 valence electrons. The van der Waals surface area contributed by atoms with E-state index in [1.807, 2.05) is 24.6 Å². The molecule has 2 aliphatic carbocycles. The van der Waals surface area contributed by atoms with E-state index in [2.05, 4.69) is 36.1 Å². The fourth-order valence-electron chi connectivity index (χ4n) is 10.2. The second-order valence-corrected chi connectivity index (χ2v) is 17.5. The SMILES string of the molecule is O=C1C=C(S[C@H]2[C@@H]3C(=O)C=C4S[C@H]5CC42c2c4c6c(c(O)c2=N5)N=CC=6CCN43)C2(C=C1Br)CCNc1c(O)c3c4c(c12)=NCCC=4C=N3. The average Bonchev–Trinajstić information content (AvgIpc) is 3.80. The summed E-state index contributed by atoms with van der Waals surface area (Å²) in [5.74, 6) is 0.151. The fraction of sp³-hybridized carbons (Fsp3) is 0.333. The van der Waals surface area contributed by atoms with Gasteiger partial charge in [-0.2, -0.15) is 0 Å². The molecular formula is C36H25BrN6O4S2. The number of phenols is 2. The molecule has 3 N–H and O–H groups in total. The van der Waals surface area contributed by atoms with Gasteiger partial charge in [-0.15, -0.1) is 23.5 Å². The van der Waals surface area contributed by atoms with Gasteiger partial charge in [0.1, 0.15) is 28.1 Å². The van der Waals surface area contributed by atoms with Gasteiger partial charge in [0.05, 0.1) is 31.9 Å². The molecule has 2 spiro atoms. The summed E-state index contributed by atoms with van der Waals surface area (Å²) in [6.45, 7) is 1.82. The third-order valence-electron chi connectivity index (χ3n) is 12.1. The molecule has 13 heteroatoms. The van der Waals surface area contributed by atoms with E-state index in [-0.39, 0.29) is 33.7 Å². The number of halogens is 1. The number of nitrogens with zero attached hydrogens (tertiary/aromatic N) is 5. The predicted molar refractivity (Wildman–Crippen MR) is 193 cm³/mol. The third-order valence-corrected chi connectivity index (χ3v) is 15.7. The number of anilines is 2. The maximum absolute atomic E-state index is 14.4. The standard InChI is InChI=1S/C36H25BrN6O4S2/c37-15-9-35(3-5-39-28-23(35)25-21-13(1-4-38-25)11-40-26(21)32(28)46)18(7-16(15)44)49-34-30-17(45)8-19-36(34)10-20(48-19)42-29-24(36)31-22-14(2-6-43(30)31)12-41-27(22)33(29)47/h7-9,11-12,20,30,34,39,46-47H,1-6,10H2/t20-,30-,34-,35?,36?/m0/s1. The van der Waals surface area contributed by atoms with Crippen LogP contribution < -0.4 is 31.4 Å². The number of allylic oxidation sites excluding steroid dienone is 5.